The van der Waals surface area contributed by atoms with Crippen LogP contribution >= 0.6 is 23.4 Å². The Morgan fingerprint density at radius 3 is 2.67 bits per heavy atom. The minimum atomic E-state index is 0.0836. The lowest BCUT2D eigenvalue weighted by Gasteiger charge is -2.20. The number of rotatable bonds is 4. The summed E-state index contributed by atoms with van der Waals surface area (Å²) in [5.74, 6) is 0. The van der Waals surface area contributed by atoms with E-state index in [2.05, 4.69) is 44.2 Å². The van der Waals surface area contributed by atoms with Gasteiger partial charge in [0.25, 0.3) is 0 Å². The van der Waals surface area contributed by atoms with Crippen LogP contribution in [-0.4, -0.2) is 15.3 Å². The molecule has 0 aliphatic heterocycles. The van der Waals surface area contributed by atoms with Crippen molar-refractivity contribution < 1.29 is 0 Å². The summed E-state index contributed by atoms with van der Waals surface area (Å²) in [6.07, 6.45) is 0. The van der Waals surface area contributed by atoms with Crippen molar-refractivity contribution in [3.63, 3.8) is 0 Å². The maximum Gasteiger partial charge on any atom is 0.103 e. The van der Waals surface area contributed by atoms with Gasteiger partial charge in [0, 0.05) is 34.6 Å². The molecule has 3 nitrogen and oxygen atoms in total. The highest BCUT2D eigenvalue weighted by Gasteiger charge is 2.17. The Balaban J connectivity index is 2.26. The van der Waals surface area contributed by atoms with E-state index in [1.807, 2.05) is 29.9 Å². The molecular weight excluding hydrogens is 302 g/mol. The van der Waals surface area contributed by atoms with Crippen LogP contribution in [0, 0.1) is 6.92 Å². The van der Waals surface area contributed by atoms with Gasteiger partial charge in [-0.25, -0.2) is 0 Å². The zero-order chi connectivity index (χ0) is 15.6. The lowest BCUT2D eigenvalue weighted by molar-refractivity contribution is 0.421. The summed E-state index contributed by atoms with van der Waals surface area (Å²) in [5.41, 5.74) is 2.40. The van der Waals surface area contributed by atoms with Gasteiger partial charge in [-0.1, -0.05) is 29.4 Å². The first kappa shape index (κ1) is 16.4. The van der Waals surface area contributed by atoms with Crippen LogP contribution in [0.15, 0.2) is 34.2 Å². The molecule has 1 N–H and O–H groups in total. The fraction of sp³-hybridized carbons (Fsp3) is 0.438. The Bertz CT molecular complexity index is 629. The molecule has 21 heavy (non-hydrogen) atoms. The van der Waals surface area contributed by atoms with E-state index >= 15 is 0 Å². The molecule has 5 heteroatoms. The number of nitrogens with one attached hydrogen (secondary N) is 1. The van der Waals surface area contributed by atoms with Crippen molar-refractivity contribution in [2.24, 2.45) is 7.05 Å². The summed E-state index contributed by atoms with van der Waals surface area (Å²) in [5, 5.41) is 10.0. The highest BCUT2D eigenvalue weighted by molar-refractivity contribution is 7.99. The van der Waals surface area contributed by atoms with E-state index in [-0.39, 0.29) is 5.54 Å². The lowest BCUT2D eigenvalue weighted by atomic mass is 10.1. The number of hydrogen-bond donors (Lipinski definition) is 1. The van der Waals surface area contributed by atoms with Crippen LogP contribution in [0.4, 0.5) is 0 Å². The van der Waals surface area contributed by atoms with Gasteiger partial charge in [0.1, 0.15) is 5.03 Å². The van der Waals surface area contributed by atoms with Crippen LogP contribution in [0.2, 0.25) is 5.02 Å². The molecule has 0 aliphatic carbocycles. The normalized spacial score (nSPS) is 11.9. The molecular formula is C16H22ClN3S. The standard InChI is InChI=1S/C16H22ClN3S/c1-11-14(10-18-16(2,3)4)15(20(5)19-11)21-13-8-6-7-12(17)9-13/h6-9,18H,10H2,1-5H3. The van der Waals surface area contributed by atoms with Crippen LogP contribution in [0.1, 0.15) is 32.0 Å². The predicted octanol–water partition coefficient (Wildman–Crippen LogP) is 4.42. The van der Waals surface area contributed by atoms with Crippen molar-refractivity contribution in [3.8, 4) is 0 Å². The number of aryl methyl sites for hydroxylation is 2. The molecule has 0 atom stereocenters. The molecule has 0 spiro atoms. The Morgan fingerprint density at radius 2 is 2.05 bits per heavy atom. The van der Waals surface area contributed by atoms with Crippen LogP contribution < -0.4 is 5.32 Å². The SMILES string of the molecule is Cc1nn(C)c(Sc2cccc(Cl)c2)c1CNC(C)(C)C. The minimum Gasteiger partial charge on any atom is -0.308 e. The molecule has 0 unspecified atom stereocenters. The lowest BCUT2D eigenvalue weighted by Crippen LogP contribution is -2.35. The van der Waals surface area contributed by atoms with Gasteiger partial charge in [-0.05, 0) is 45.9 Å². The molecule has 1 heterocycles. The fourth-order valence-corrected chi connectivity index (χ4v) is 3.33. The molecule has 0 saturated heterocycles. The van der Waals surface area contributed by atoms with Gasteiger partial charge in [0.15, 0.2) is 0 Å². The van der Waals surface area contributed by atoms with E-state index in [1.165, 1.54) is 5.56 Å². The fourth-order valence-electron chi connectivity index (χ4n) is 2.01. The second-order valence-electron chi connectivity index (χ2n) is 6.16. The number of halogens is 1. The average Bonchev–Trinajstić information content (AvgIpc) is 2.61. The van der Waals surface area contributed by atoms with E-state index < -0.39 is 0 Å². The Morgan fingerprint density at radius 1 is 1.33 bits per heavy atom. The molecule has 1 aromatic heterocycles. The maximum atomic E-state index is 6.07. The molecule has 0 bridgehead atoms. The first-order valence-corrected chi connectivity index (χ1v) is 8.16. The summed E-state index contributed by atoms with van der Waals surface area (Å²) in [6.45, 7) is 9.38. The van der Waals surface area contributed by atoms with Crippen LogP contribution in [0.3, 0.4) is 0 Å². The molecule has 0 saturated carbocycles. The van der Waals surface area contributed by atoms with Crippen molar-refractivity contribution in [2.75, 3.05) is 0 Å². The first-order valence-electron chi connectivity index (χ1n) is 6.97. The Kier molecular flexibility index (Phi) is 5.02. The van der Waals surface area contributed by atoms with Gasteiger partial charge in [-0.2, -0.15) is 5.10 Å². The average molecular weight is 324 g/mol. The van der Waals surface area contributed by atoms with Crippen molar-refractivity contribution in [1.29, 1.82) is 0 Å². The van der Waals surface area contributed by atoms with E-state index in [0.29, 0.717) is 0 Å². The van der Waals surface area contributed by atoms with Gasteiger partial charge >= 0.3 is 0 Å². The van der Waals surface area contributed by atoms with Gasteiger partial charge in [-0.15, -0.1) is 0 Å². The summed E-state index contributed by atoms with van der Waals surface area (Å²) < 4.78 is 1.95. The highest BCUT2D eigenvalue weighted by atomic mass is 35.5. The zero-order valence-electron chi connectivity index (χ0n) is 13.2. The zero-order valence-corrected chi connectivity index (χ0v) is 14.8. The quantitative estimate of drug-likeness (QED) is 0.903. The second kappa shape index (κ2) is 6.42. The van der Waals surface area contributed by atoms with Gasteiger partial charge in [-0.3, -0.25) is 4.68 Å². The summed E-state index contributed by atoms with van der Waals surface area (Å²) in [6, 6.07) is 7.92. The minimum absolute atomic E-state index is 0.0836. The third-order valence-electron chi connectivity index (χ3n) is 3.09. The van der Waals surface area contributed by atoms with Crippen molar-refractivity contribution >= 4 is 23.4 Å². The predicted molar refractivity (Wildman–Crippen MR) is 90.1 cm³/mol. The van der Waals surface area contributed by atoms with Crippen molar-refractivity contribution in [2.45, 2.75) is 49.7 Å². The highest BCUT2D eigenvalue weighted by Crippen LogP contribution is 2.33. The van der Waals surface area contributed by atoms with Crippen LogP contribution in [0.5, 0.6) is 0 Å². The summed E-state index contributed by atoms with van der Waals surface area (Å²) >= 11 is 7.77. The first-order chi connectivity index (χ1) is 9.76. The second-order valence-corrected chi connectivity index (χ2v) is 7.65. The topological polar surface area (TPSA) is 29.9 Å². The molecule has 0 aliphatic rings. The molecule has 0 fully saturated rings. The largest absolute Gasteiger partial charge is 0.308 e. The third-order valence-corrected chi connectivity index (χ3v) is 4.52. The number of hydrogen-bond acceptors (Lipinski definition) is 3. The molecule has 0 amide bonds. The third kappa shape index (κ3) is 4.50. The maximum absolute atomic E-state index is 6.07. The van der Waals surface area contributed by atoms with Crippen molar-refractivity contribution in [3.05, 3.63) is 40.5 Å². The van der Waals surface area contributed by atoms with Gasteiger partial charge in [0.2, 0.25) is 0 Å². The molecule has 1 aromatic carbocycles. The summed E-state index contributed by atoms with van der Waals surface area (Å²) in [7, 11) is 1.99. The monoisotopic (exact) mass is 323 g/mol. The number of aromatic nitrogens is 2. The number of benzene rings is 1. The van der Waals surface area contributed by atoms with E-state index in [1.54, 1.807) is 11.8 Å². The Hall–Kier alpha value is -0.970. The molecule has 2 rings (SSSR count). The van der Waals surface area contributed by atoms with E-state index in [0.717, 1.165) is 27.2 Å². The Labute approximate surface area is 136 Å². The van der Waals surface area contributed by atoms with E-state index in [4.69, 9.17) is 11.6 Å². The van der Waals surface area contributed by atoms with E-state index in [9.17, 15) is 0 Å². The smallest absolute Gasteiger partial charge is 0.103 e. The molecule has 2 aromatic rings. The van der Waals surface area contributed by atoms with Gasteiger partial charge in [0.05, 0.1) is 5.69 Å². The van der Waals surface area contributed by atoms with Crippen LogP contribution in [0.25, 0.3) is 0 Å². The van der Waals surface area contributed by atoms with Crippen molar-refractivity contribution in [1.82, 2.24) is 15.1 Å². The molecule has 114 valence electrons. The molecule has 0 radical (unpaired) electrons. The summed E-state index contributed by atoms with van der Waals surface area (Å²) in [4.78, 5) is 1.13. The van der Waals surface area contributed by atoms with Gasteiger partial charge < -0.3 is 5.32 Å². The van der Waals surface area contributed by atoms with Crippen LogP contribution in [-0.2, 0) is 13.6 Å². The number of nitrogens with zero attached hydrogens (tertiary/aromatic N) is 2.